The van der Waals surface area contributed by atoms with Crippen LogP contribution in [-0.4, -0.2) is 25.0 Å². The number of carbonyl (C=O) groups excluding carboxylic acids is 2. The number of ether oxygens (including phenoxy) is 1. The minimum Gasteiger partial charge on any atom is -0.467 e. The van der Waals surface area contributed by atoms with Crippen molar-refractivity contribution in [2.24, 2.45) is 0 Å². The highest BCUT2D eigenvalue weighted by Gasteiger charge is 2.22. The summed E-state index contributed by atoms with van der Waals surface area (Å²) in [5, 5.41) is 2.58. The molecule has 0 radical (unpaired) electrons. The van der Waals surface area contributed by atoms with Gasteiger partial charge >= 0.3 is 5.97 Å². The topological polar surface area (TPSA) is 55.4 Å². The maximum Gasteiger partial charge on any atom is 0.328 e. The SMILES string of the molecule is COC(=O)[C@H](Cc1cccc(Br)c1)NC(=O)c1cccc(F)c1. The van der Waals surface area contributed by atoms with Gasteiger partial charge in [0.15, 0.2) is 0 Å². The first-order valence-corrected chi connectivity index (χ1v) is 7.67. The van der Waals surface area contributed by atoms with Crippen LogP contribution in [-0.2, 0) is 16.0 Å². The highest BCUT2D eigenvalue weighted by atomic mass is 79.9. The highest BCUT2D eigenvalue weighted by molar-refractivity contribution is 9.10. The predicted molar refractivity (Wildman–Crippen MR) is 87.5 cm³/mol. The Morgan fingerprint density at radius 2 is 1.96 bits per heavy atom. The summed E-state index contributed by atoms with van der Waals surface area (Å²) < 4.78 is 18.8. The molecule has 0 aliphatic heterocycles. The standard InChI is InChI=1S/C17H15BrFNO3/c1-23-17(22)15(9-11-4-2-6-13(18)8-11)20-16(21)12-5-3-7-14(19)10-12/h2-8,10,15H,9H2,1H3,(H,20,21)/t15-/m0/s1. The van der Waals surface area contributed by atoms with E-state index in [1.807, 2.05) is 24.3 Å². The first-order chi connectivity index (χ1) is 11.0. The van der Waals surface area contributed by atoms with Crippen molar-refractivity contribution in [2.75, 3.05) is 7.11 Å². The van der Waals surface area contributed by atoms with Gasteiger partial charge in [-0.25, -0.2) is 9.18 Å². The van der Waals surface area contributed by atoms with E-state index in [9.17, 15) is 14.0 Å². The van der Waals surface area contributed by atoms with Crippen molar-refractivity contribution in [2.45, 2.75) is 12.5 Å². The number of nitrogens with one attached hydrogen (secondary N) is 1. The van der Waals surface area contributed by atoms with Crippen molar-refractivity contribution in [1.29, 1.82) is 0 Å². The Labute approximate surface area is 141 Å². The molecule has 0 fully saturated rings. The summed E-state index contributed by atoms with van der Waals surface area (Å²) in [6, 6.07) is 11.8. The number of carbonyl (C=O) groups is 2. The Balaban J connectivity index is 2.15. The number of esters is 1. The Kier molecular flexibility index (Phi) is 5.87. The van der Waals surface area contributed by atoms with Crippen molar-refractivity contribution >= 4 is 27.8 Å². The van der Waals surface area contributed by atoms with Crippen molar-refractivity contribution < 1.29 is 18.7 Å². The van der Waals surface area contributed by atoms with Gasteiger partial charge in [-0.1, -0.05) is 34.1 Å². The zero-order chi connectivity index (χ0) is 16.8. The molecule has 0 spiro atoms. The van der Waals surface area contributed by atoms with Gasteiger partial charge in [0.25, 0.3) is 5.91 Å². The lowest BCUT2D eigenvalue weighted by Gasteiger charge is -2.17. The van der Waals surface area contributed by atoms with Crippen LogP contribution >= 0.6 is 15.9 Å². The fraction of sp³-hybridized carbons (Fsp3) is 0.176. The zero-order valence-electron chi connectivity index (χ0n) is 12.4. The van der Waals surface area contributed by atoms with Crippen molar-refractivity contribution in [1.82, 2.24) is 5.32 Å². The molecule has 2 rings (SSSR count). The van der Waals surface area contributed by atoms with E-state index >= 15 is 0 Å². The number of hydrogen-bond donors (Lipinski definition) is 1. The van der Waals surface area contributed by atoms with Crippen LogP contribution in [0.1, 0.15) is 15.9 Å². The van der Waals surface area contributed by atoms with Crippen LogP contribution in [0.5, 0.6) is 0 Å². The third kappa shape index (κ3) is 4.89. The fourth-order valence-electron chi connectivity index (χ4n) is 2.11. The summed E-state index contributed by atoms with van der Waals surface area (Å²) in [4.78, 5) is 24.1. The quantitative estimate of drug-likeness (QED) is 0.812. The molecule has 23 heavy (non-hydrogen) atoms. The van der Waals surface area contributed by atoms with Gasteiger partial charge in [0.2, 0.25) is 0 Å². The monoisotopic (exact) mass is 379 g/mol. The van der Waals surface area contributed by atoms with Crippen LogP contribution in [0.3, 0.4) is 0 Å². The first kappa shape index (κ1) is 17.1. The molecule has 1 N–H and O–H groups in total. The van der Waals surface area contributed by atoms with Gasteiger partial charge in [-0.05, 0) is 35.9 Å². The lowest BCUT2D eigenvalue weighted by atomic mass is 10.1. The molecule has 1 amide bonds. The van der Waals surface area contributed by atoms with E-state index in [0.29, 0.717) is 0 Å². The minimum absolute atomic E-state index is 0.146. The summed E-state index contributed by atoms with van der Waals surface area (Å²) in [6.07, 6.45) is 0.271. The Morgan fingerprint density at radius 3 is 2.61 bits per heavy atom. The van der Waals surface area contributed by atoms with E-state index in [1.165, 1.54) is 25.3 Å². The maximum absolute atomic E-state index is 13.2. The smallest absolute Gasteiger partial charge is 0.328 e. The largest absolute Gasteiger partial charge is 0.467 e. The molecule has 4 nitrogen and oxygen atoms in total. The molecule has 0 bridgehead atoms. The summed E-state index contributed by atoms with van der Waals surface area (Å²) in [5.74, 6) is -1.61. The van der Waals surface area contributed by atoms with Crippen molar-refractivity contribution in [3.05, 3.63) is 69.9 Å². The van der Waals surface area contributed by atoms with Crippen LogP contribution in [0, 0.1) is 5.82 Å². The van der Waals surface area contributed by atoms with E-state index in [-0.39, 0.29) is 12.0 Å². The van der Waals surface area contributed by atoms with E-state index in [0.717, 1.165) is 16.1 Å². The molecule has 120 valence electrons. The van der Waals surface area contributed by atoms with Gasteiger partial charge in [-0.3, -0.25) is 4.79 Å². The van der Waals surface area contributed by atoms with Gasteiger partial charge in [-0.2, -0.15) is 0 Å². The molecule has 2 aromatic rings. The summed E-state index contributed by atoms with van der Waals surface area (Å²) in [7, 11) is 1.25. The number of amides is 1. The van der Waals surface area contributed by atoms with E-state index in [2.05, 4.69) is 21.2 Å². The molecule has 0 aliphatic rings. The van der Waals surface area contributed by atoms with Gasteiger partial charge in [0, 0.05) is 16.5 Å². The van der Waals surface area contributed by atoms with Crippen LogP contribution < -0.4 is 5.32 Å². The molecular weight excluding hydrogens is 365 g/mol. The number of hydrogen-bond acceptors (Lipinski definition) is 3. The summed E-state index contributed by atoms with van der Waals surface area (Å²) in [6.45, 7) is 0. The van der Waals surface area contributed by atoms with Crippen molar-refractivity contribution in [3.63, 3.8) is 0 Å². The van der Waals surface area contributed by atoms with Gasteiger partial charge in [0.05, 0.1) is 7.11 Å². The molecule has 1 atom stereocenters. The van der Waals surface area contributed by atoms with E-state index < -0.39 is 23.7 Å². The van der Waals surface area contributed by atoms with E-state index in [4.69, 9.17) is 4.74 Å². The predicted octanol–water partition coefficient (Wildman–Crippen LogP) is 3.10. The molecule has 0 unspecified atom stereocenters. The van der Waals surface area contributed by atoms with Crippen molar-refractivity contribution in [3.8, 4) is 0 Å². The Bertz CT molecular complexity index is 720. The average molecular weight is 380 g/mol. The molecule has 0 saturated carbocycles. The summed E-state index contributed by atoms with van der Waals surface area (Å²) >= 11 is 3.36. The Hall–Kier alpha value is -2.21. The van der Waals surface area contributed by atoms with Gasteiger partial charge in [-0.15, -0.1) is 0 Å². The molecule has 0 heterocycles. The van der Waals surface area contributed by atoms with Crippen LogP contribution in [0.25, 0.3) is 0 Å². The molecule has 0 aliphatic carbocycles. The Morgan fingerprint density at radius 1 is 1.22 bits per heavy atom. The second kappa shape index (κ2) is 7.87. The molecule has 0 saturated heterocycles. The van der Waals surface area contributed by atoms with Crippen LogP contribution in [0.4, 0.5) is 4.39 Å². The molecule has 0 aromatic heterocycles. The van der Waals surface area contributed by atoms with Gasteiger partial charge < -0.3 is 10.1 Å². The number of rotatable bonds is 5. The third-order valence-corrected chi connectivity index (χ3v) is 3.70. The fourth-order valence-corrected chi connectivity index (χ4v) is 2.55. The molecule has 2 aromatic carbocycles. The minimum atomic E-state index is -0.856. The summed E-state index contributed by atoms with van der Waals surface area (Å²) in [5.41, 5.74) is 1.00. The lowest BCUT2D eigenvalue weighted by molar-refractivity contribution is -0.142. The normalized spacial score (nSPS) is 11.6. The number of halogens is 2. The number of benzene rings is 2. The molecular formula is C17H15BrFNO3. The number of methoxy groups -OCH3 is 1. The van der Waals surface area contributed by atoms with Crippen LogP contribution in [0.2, 0.25) is 0 Å². The lowest BCUT2D eigenvalue weighted by Crippen LogP contribution is -2.43. The second-order valence-electron chi connectivity index (χ2n) is 4.89. The third-order valence-electron chi connectivity index (χ3n) is 3.21. The van der Waals surface area contributed by atoms with Crippen LogP contribution in [0.15, 0.2) is 53.0 Å². The first-order valence-electron chi connectivity index (χ1n) is 6.88. The second-order valence-corrected chi connectivity index (χ2v) is 5.81. The van der Waals surface area contributed by atoms with Gasteiger partial charge in [0.1, 0.15) is 11.9 Å². The highest BCUT2D eigenvalue weighted by Crippen LogP contribution is 2.14. The zero-order valence-corrected chi connectivity index (χ0v) is 14.0. The average Bonchev–Trinajstić information content (AvgIpc) is 2.53. The van der Waals surface area contributed by atoms with E-state index in [1.54, 1.807) is 0 Å². The maximum atomic E-state index is 13.2. The molecule has 6 heteroatoms.